The van der Waals surface area contributed by atoms with Gasteiger partial charge in [-0.3, -0.25) is 0 Å². The molecule has 2 aromatic rings. The standard InChI is InChI=1S/C12H7ClF3NO/c1-6-2-3-7(13)10(4-6)18-12-9(15)5-8(14)11(16)17-12/h2-5H,1H3. The van der Waals surface area contributed by atoms with Crippen LogP contribution in [0.25, 0.3) is 0 Å². The molecule has 0 aliphatic carbocycles. The molecule has 0 aliphatic rings. The number of benzene rings is 1. The molecule has 6 heteroatoms. The summed E-state index contributed by atoms with van der Waals surface area (Å²) in [6.45, 7) is 1.78. The van der Waals surface area contributed by atoms with Gasteiger partial charge in [0.25, 0.3) is 11.8 Å². The van der Waals surface area contributed by atoms with Crippen molar-refractivity contribution in [2.45, 2.75) is 6.92 Å². The lowest BCUT2D eigenvalue weighted by molar-refractivity contribution is 0.387. The van der Waals surface area contributed by atoms with E-state index in [1.165, 1.54) is 6.07 Å². The fourth-order valence-corrected chi connectivity index (χ4v) is 1.45. The molecule has 0 unspecified atom stereocenters. The van der Waals surface area contributed by atoms with Gasteiger partial charge in [0.15, 0.2) is 11.6 Å². The Labute approximate surface area is 106 Å². The molecule has 1 aromatic carbocycles. The van der Waals surface area contributed by atoms with Gasteiger partial charge in [0.2, 0.25) is 0 Å². The molecule has 2 rings (SSSR count). The Morgan fingerprint density at radius 3 is 2.56 bits per heavy atom. The summed E-state index contributed by atoms with van der Waals surface area (Å²) in [4.78, 5) is 3.04. The minimum Gasteiger partial charge on any atom is -0.435 e. The highest BCUT2D eigenvalue weighted by Crippen LogP contribution is 2.30. The highest BCUT2D eigenvalue weighted by Gasteiger charge is 2.14. The van der Waals surface area contributed by atoms with Gasteiger partial charge < -0.3 is 4.74 Å². The molecule has 0 amide bonds. The van der Waals surface area contributed by atoms with E-state index in [0.29, 0.717) is 6.07 Å². The van der Waals surface area contributed by atoms with E-state index in [1.807, 2.05) is 0 Å². The molecule has 0 bridgehead atoms. The van der Waals surface area contributed by atoms with Gasteiger partial charge in [-0.25, -0.2) is 8.78 Å². The van der Waals surface area contributed by atoms with Crippen molar-refractivity contribution in [3.8, 4) is 11.6 Å². The molecule has 1 heterocycles. The van der Waals surface area contributed by atoms with Gasteiger partial charge in [-0.1, -0.05) is 17.7 Å². The topological polar surface area (TPSA) is 22.1 Å². The van der Waals surface area contributed by atoms with Crippen LogP contribution < -0.4 is 4.74 Å². The van der Waals surface area contributed by atoms with E-state index in [-0.39, 0.29) is 10.8 Å². The summed E-state index contributed by atoms with van der Waals surface area (Å²) in [7, 11) is 0. The largest absolute Gasteiger partial charge is 0.435 e. The first-order chi connectivity index (χ1) is 8.47. The van der Waals surface area contributed by atoms with E-state index < -0.39 is 23.5 Å². The van der Waals surface area contributed by atoms with Crippen LogP contribution in [-0.4, -0.2) is 4.98 Å². The molecule has 0 radical (unpaired) electrons. The Hall–Kier alpha value is -1.75. The summed E-state index contributed by atoms with van der Waals surface area (Å²) >= 11 is 5.83. The first-order valence-electron chi connectivity index (χ1n) is 4.93. The Balaban J connectivity index is 2.40. The van der Waals surface area contributed by atoms with E-state index in [4.69, 9.17) is 16.3 Å². The predicted octanol–water partition coefficient (Wildman–Crippen LogP) is 4.25. The van der Waals surface area contributed by atoms with Gasteiger partial charge in [0, 0.05) is 6.07 Å². The molecular formula is C12H7ClF3NO. The van der Waals surface area contributed by atoms with Crippen LogP contribution in [0.1, 0.15) is 5.56 Å². The maximum Gasteiger partial charge on any atom is 0.258 e. The molecule has 0 aliphatic heterocycles. The molecule has 94 valence electrons. The van der Waals surface area contributed by atoms with Crippen LogP contribution >= 0.6 is 11.6 Å². The van der Waals surface area contributed by atoms with Crippen molar-refractivity contribution < 1.29 is 17.9 Å². The van der Waals surface area contributed by atoms with E-state index >= 15 is 0 Å². The van der Waals surface area contributed by atoms with Crippen molar-refractivity contribution in [3.05, 3.63) is 52.4 Å². The summed E-state index contributed by atoms with van der Waals surface area (Å²) in [6, 6.07) is 5.17. The number of pyridine rings is 1. The summed E-state index contributed by atoms with van der Waals surface area (Å²) in [5.41, 5.74) is 0.817. The second kappa shape index (κ2) is 4.86. The van der Waals surface area contributed by atoms with Gasteiger partial charge in [-0.2, -0.15) is 9.37 Å². The second-order valence-electron chi connectivity index (χ2n) is 3.58. The van der Waals surface area contributed by atoms with Crippen LogP contribution in [0.5, 0.6) is 11.6 Å². The molecule has 0 spiro atoms. The zero-order chi connectivity index (χ0) is 13.3. The molecule has 0 N–H and O–H groups in total. The van der Waals surface area contributed by atoms with Crippen LogP contribution in [0.3, 0.4) is 0 Å². The third kappa shape index (κ3) is 2.56. The number of aromatic nitrogens is 1. The number of nitrogens with zero attached hydrogens (tertiary/aromatic N) is 1. The smallest absolute Gasteiger partial charge is 0.258 e. The number of hydrogen-bond donors (Lipinski definition) is 0. The van der Waals surface area contributed by atoms with Crippen molar-refractivity contribution in [1.82, 2.24) is 4.98 Å². The maximum atomic E-state index is 13.3. The van der Waals surface area contributed by atoms with E-state index in [2.05, 4.69) is 4.98 Å². The number of rotatable bonds is 2. The SMILES string of the molecule is Cc1ccc(Cl)c(Oc2nc(F)c(F)cc2F)c1. The van der Waals surface area contributed by atoms with Crippen LogP contribution in [0.2, 0.25) is 5.02 Å². The van der Waals surface area contributed by atoms with Crippen molar-refractivity contribution >= 4 is 11.6 Å². The quantitative estimate of drug-likeness (QED) is 0.763. The number of aryl methyl sites for hydroxylation is 1. The first-order valence-corrected chi connectivity index (χ1v) is 5.30. The maximum absolute atomic E-state index is 13.3. The lowest BCUT2D eigenvalue weighted by Gasteiger charge is -2.08. The summed E-state index contributed by atoms with van der Waals surface area (Å²) in [5.74, 6) is -4.47. The van der Waals surface area contributed by atoms with Crippen molar-refractivity contribution in [1.29, 1.82) is 0 Å². The highest BCUT2D eigenvalue weighted by atomic mass is 35.5. The van der Waals surface area contributed by atoms with E-state index in [9.17, 15) is 13.2 Å². The lowest BCUT2D eigenvalue weighted by Crippen LogP contribution is -1.98. The van der Waals surface area contributed by atoms with Crippen LogP contribution in [0, 0.1) is 24.5 Å². The molecule has 0 saturated heterocycles. The van der Waals surface area contributed by atoms with Crippen LogP contribution in [-0.2, 0) is 0 Å². The molecule has 1 aromatic heterocycles. The molecular weight excluding hydrogens is 267 g/mol. The van der Waals surface area contributed by atoms with Crippen molar-refractivity contribution in [2.75, 3.05) is 0 Å². The van der Waals surface area contributed by atoms with Crippen LogP contribution in [0.4, 0.5) is 13.2 Å². The summed E-state index contributed by atoms with van der Waals surface area (Å²) in [5, 5.41) is 0.214. The molecule has 18 heavy (non-hydrogen) atoms. The molecule has 0 fully saturated rings. The van der Waals surface area contributed by atoms with Crippen LogP contribution in [0.15, 0.2) is 24.3 Å². The Bertz CT molecular complexity index is 604. The average Bonchev–Trinajstić information content (AvgIpc) is 2.30. The fraction of sp³-hybridized carbons (Fsp3) is 0.0833. The second-order valence-corrected chi connectivity index (χ2v) is 3.99. The Morgan fingerprint density at radius 2 is 1.83 bits per heavy atom. The molecule has 0 saturated carbocycles. The minimum atomic E-state index is -1.44. The number of hydrogen-bond acceptors (Lipinski definition) is 2. The zero-order valence-corrected chi connectivity index (χ0v) is 9.93. The van der Waals surface area contributed by atoms with Gasteiger partial charge in [-0.15, -0.1) is 0 Å². The van der Waals surface area contributed by atoms with Gasteiger partial charge in [0.1, 0.15) is 5.75 Å². The van der Waals surface area contributed by atoms with Crippen molar-refractivity contribution in [2.24, 2.45) is 0 Å². The van der Waals surface area contributed by atoms with E-state index in [0.717, 1.165) is 5.56 Å². The van der Waals surface area contributed by atoms with Gasteiger partial charge >= 0.3 is 0 Å². The monoisotopic (exact) mass is 273 g/mol. The normalized spacial score (nSPS) is 10.5. The minimum absolute atomic E-state index is 0.120. The van der Waals surface area contributed by atoms with Gasteiger partial charge in [-0.05, 0) is 24.6 Å². The fourth-order valence-electron chi connectivity index (χ4n) is 1.29. The zero-order valence-electron chi connectivity index (χ0n) is 9.18. The average molecular weight is 274 g/mol. The Morgan fingerprint density at radius 1 is 1.11 bits per heavy atom. The third-order valence-electron chi connectivity index (χ3n) is 2.15. The third-order valence-corrected chi connectivity index (χ3v) is 2.46. The number of halogens is 4. The Kier molecular flexibility index (Phi) is 3.43. The van der Waals surface area contributed by atoms with Gasteiger partial charge in [0.05, 0.1) is 5.02 Å². The molecule has 2 nitrogen and oxygen atoms in total. The number of ether oxygens (including phenoxy) is 1. The first kappa shape index (κ1) is 12.7. The van der Waals surface area contributed by atoms with Crippen molar-refractivity contribution in [3.63, 3.8) is 0 Å². The van der Waals surface area contributed by atoms with E-state index in [1.54, 1.807) is 19.1 Å². The summed E-state index contributed by atoms with van der Waals surface area (Å²) in [6.07, 6.45) is 0. The highest BCUT2D eigenvalue weighted by molar-refractivity contribution is 6.32. The predicted molar refractivity (Wildman–Crippen MR) is 60.4 cm³/mol. The summed E-state index contributed by atoms with van der Waals surface area (Å²) < 4.78 is 43.9. The molecule has 0 atom stereocenters. The lowest BCUT2D eigenvalue weighted by atomic mass is 10.2.